The predicted octanol–water partition coefficient (Wildman–Crippen LogP) is 5.00. The summed E-state index contributed by atoms with van der Waals surface area (Å²) in [4.78, 5) is 0.287. The molecular formula is C18H21BrO2. The number of alkyl halides is 1. The van der Waals surface area contributed by atoms with Crippen molar-refractivity contribution in [3.05, 3.63) is 58.7 Å². The fraction of sp³-hybridized carbons (Fsp3) is 0.333. The fourth-order valence-electron chi connectivity index (χ4n) is 2.29. The molecule has 1 unspecified atom stereocenters. The molecule has 3 heteroatoms. The summed E-state index contributed by atoms with van der Waals surface area (Å²) in [5.41, 5.74) is 5.16. The monoisotopic (exact) mass is 348 g/mol. The largest absolute Gasteiger partial charge is 0.493 e. The molecule has 0 bridgehead atoms. The molecule has 1 atom stereocenters. The average molecular weight is 349 g/mol. The number of benzene rings is 2. The van der Waals surface area contributed by atoms with Gasteiger partial charge >= 0.3 is 0 Å². The second-order valence-electron chi connectivity index (χ2n) is 5.20. The van der Waals surface area contributed by atoms with Crippen LogP contribution < -0.4 is 9.47 Å². The topological polar surface area (TPSA) is 18.5 Å². The normalized spacial score (nSPS) is 12.0. The van der Waals surface area contributed by atoms with E-state index in [2.05, 4.69) is 54.0 Å². The van der Waals surface area contributed by atoms with E-state index in [0.717, 1.165) is 17.9 Å². The second-order valence-corrected chi connectivity index (χ2v) is 6.31. The molecule has 2 aromatic carbocycles. The van der Waals surface area contributed by atoms with Crippen molar-refractivity contribution in [1.82, 2.24) is 0 Å². The lowest BCUT2D eigenvalue weighted by Gasteiger charge is -2.14. The molecule has 0 aromatic heterocycles. The molecule has 21 heavy (non-hydrogen) atoms. The van der Waals surface area contributed by atoms with Gasteiger partial charge in [0.25, 0.3) is 0 Å². The molecule has 2 aromatic rings. The Morgan fingerprint density at radius 1 is 0.905 bits per heavy atom. The molecule has 0 heterocycles. The van der Waals surface area contributed by atoms with Crippen LogP contribution in [0.15, 0.2) is 36.4 Å². The van der Waals surface area contributed by atoms with Crippen LogP contribution in [0.1, 0.15) is 27.1 Å². The summed E-state index contributed by atoms with van der Waals surface area (Å²) in [6.07, 6.45) is 0.906. The molecule has 0 saturated heterocycles. The first-order valence-corrected chi connectivity index (χ1v) is 7.89. The Hall–Kier alpha value is -1.48. The lowest BCUT2D eigenvalue weighted by atomic mass is 10.00. The summed E-state index contributed by atoms with van der Waals surface area (Å²) in [5.74, 6) is 1.54. The molecule has 0 aliphatic heterocycles. The van der Waals surface area contributed by atoms with Gasteiger partial charge in [-0.05, 0) is 54.7 Å². The Labute approximate surface area is 135 Å². The van der Waals surface area contributed by atoms with Gasteiger partial charge in [-0.3, -0.25) is 0 Å². The minimum absolute atomic E-state index is 0.287. The summed E-state index contributed by atoms with van der Waals surface area (Å²) in [7, 11) is 3.32. The van der Waals surface area contributed by atoms with Crippen LogP contribution in [0.2, 0.25) is 0 Å². The minimum atomic E-state index is 0.287. The Balaban J connectivity index is 2.18. The number of ether oxygens (including phenoxy) is 2. The van der Waals surface area contributed by atoms with Gasteiger partial charge in [-0.15, -0.1) is 0 Å². The van der Waals surface area contributed by atoms with E-state index in [0.29, 0.717) is 0 Å². The molecule has 0 fully saturated rings. The van der Waals surface area contributed by atoms with Crippen molar-refractivity contribution in [2.45, 2.75) is 25.1 Å². The smallest absolute Gasteiger partial charge is 0.160 e. The molecule has 2 rings (SSSR count). The molecule has 0 radical (unpaired) electrons. The van der Waals surface area contributed by atoms with Gasteiger partial charge < -0.3 is 9.47 Å². The summed E-state index contributed by atoms with van der Waals surface area (Å²) >= 11 is 3.79. The standard InChI is InChI=1S/C18H21BrO2/c1-12-5-7-15(9-13(12)2)16(19)10-14-6-8-17(20-3)18(11-14)21-4/h5-9,11,16H,10H2,1-4H3. The number of rotatable bonds is 5. The first-order valence-electron chi connectivity index (χ1n) is 6.97. The number of aryl methyl sites for hydroxylation is 2. The summed E-state index contributed by atoms with van der Waals surface area (Å²) < 4.78 is 10.6. The van der Waals surface area contributed by atoms with E-state index in [1.807, 2.05) is 12.1 Å². The van der Waals surface area contributed by atoms with Crippen molar-refractivity contribution in [3.8, 4) is 11.5 Å². The number of halogens is 1. The van der Waals surface area contributed by atoms with Crippen molar-refractivity contribution >= 4 is 15.9 Å². The summed E-state index contributed by atoms with van der Waals surface area (Å²) in [6, 6.07) is 12.7. The van der Waals surface area contributed by atoms with Crippen LogP contribution in [0.25, 0.3) is 0 Å². The van der Waals surface area contributed by atoms with Crippen LogP contribution in [-0.2, 0) is 6.42 Å². The highest BCUT2D eigenvalue weighted by molar-refractivity contribution is 9.09. The Bertz CT molecular complexity index is 623. The zero-order valence-electron chi connectivity index (χ0n) is 12.9. The SMILES string of the molecule is COc1ccc(CC(Br)c2ccc(C)c(C)c2)cc1OC. The quantitative estimate of drug-likeness (QED) is 0.708. The highest BCUT2D eigenvalue weighted by Crippen LogP contribution is 2.32. The van der Waals surface area contributed by atoms with Crippen molar-refractivity contribution in [2.75, 3.05) is 14.2 Å². The van der Waals surface area contributed by atoms with E-state index in [-0.39, 0.29) is 4.83 Å². The van der Waals surface area contributed by atoms with Crippen LogP contribution >= 0.6 is 15.9 Å². The first kappa shape index (κ1) is 15.9. The Morgan fingerprint density at radius 2 is 1.62 bits per heavy atom. The molecule has 2 nitrogen and oxygen atoms in total. The molecule has 0 N–H and O–H groups in total. The van der Waals surface area contributed by atoms with Crippen molar-refractivity contribution < 1.29 is 9.47 Å². The van der Waals surface area contributed by atoms with Crippen molar-refractivity contribution in [3.63, 3.8) is 0 Å². The van der Waals surface area contributed by atoms with Gasteiger partial charge in [-0.1, -0.05) is 40.2 Å². The fourth-order valence-corrected chi connectivity index (χ4v) is 2.95. The first-order chi connectivity index (χ1) is 10.0. The van der Waals surface area contributed by atoms with Gasteiger partial charge in [0.05, 0.1) is 14.2 Å². The highest BCUT2D eigenvalue weighted by atomic mass is 79.9. The van der Waals surface area contributed by atoms with E-state index in [1.54, 1.807) is 14.2 Å². The number of hydrogen-bond donors (Lipinski definition) is 0. The molecule has 0 saturated carbocycles. The summed E-state index contributed by atoms with van der Waals surface area (Å²) in [5, 5.41) is 0. The lowest BCUT2D eigenvalue weighted by molar-refractivity contribution is 0.354. The van der Waals surface area contributed by atoms with Gasteiger partial charge in [0.15, 0.2) is 11.5 Å². The van der Waals surface area contributed by atoms with Crippen LogP contribution in [0.5, 0.6) is 11.5 Å². The second kappa shape index (κ2) is 6.99. The van der Waals surface area contributed by atoms with Crippen molar-refractivity contribution in [1.29, 1.82) is 0 Å². The van der Waals surface area contributed by atoms with Gasteiger partial charge in [0.2, 0.25) is 0 Å². The minimum Gasteiger partial charge on any atom is -0.493 e. The van der Waals surface area contributed by atoms with E-state index in [4.69, 9.17) is 9.47 Å². The molecule has 0 aliphatic carbocycles. The third-order valence-electron chi connectivity index (χ3n) is 3.76. The maximum atomic E-state index is 5.36. The average Bonchev–Trinajstić information content (AvgIpc) is 2.49. The number of methoxy groups -OCH3 is 2. The molecule has 112 valence electrons. The van der Waals surface area contributed by atoms with Crippen molar-refractivity contribution in [2.24, 2.45) is 0 Å². The van der Waals surface area contributed by atoms with Gasteiger partial charge in [-0.25, -0.2) is 0 Å². The van der Waals surface area contributed by atoms with Crippen LogP contribution in [0, 0.1) is 13.8 Å². The maximum Gasteiger partial charge on any atom is 0.160 e. The third kappa shape index (κ3) is 3.79. The third-order valence-corrected chi connectivity index (χ3v) is 4.61. The van der Waals surface area contributed by atoms with E-state index in [1.165, 1.54) is 22.3 Å². The van der Waals surface area contributed by atoms with Gasteiger partial charge in [0.1, 0.15) is 0 Å². The maximum absolute atomic E-state index is 5.36. The van der Waals surface area contributed by atoms with Crippen LogP contribution in [0.4, 0.5) is 0 Å². The van der Waals surface area contributed by atoms with E-state index in [9.17, 15) is 0 Å². The summed E-state index contributed by atoms with van der Waals surface area (Å²) in [6.45, 7) is 4.28. The van der Waals surface area contributed by atoms with Crippen LogP contribution in [-0.4, -0.2) is 14.2 Å². The molecule has 0 aliphatic rings. The molecular weight excluding hydrogens is 328 g/mol. The molecule has 0 spiro atoms. The highest BCUT2D eigenvalue weighted by Gasteiger charge is 2.11. The molecule has 0 amide bonds. The Kier molecular flexibility index (Phi) is 5.29. The van der Waals surface area contributed by atoms with Gasteiger partial charge in [0, 0.05) is 4.83 Å². The van der Waals surface area contributed by atoms with E-state index >= 15 is 0 Å². The van der Waals surface area contributed by atoms with Crippen LogP contribution in [0.3, 0.4) is 0 Å². The zero-order valence-corrected chi connectivity index (χ0v) is 14.5. The van der Waals surface area contributed by atoms with E-state index < -0.39 is 0 Å². The number of hydrogen-bond acceptors (Lipinski definition) is 2. The zero-order chi connectivity index (χ0) is 15.4. The lowest BCUT2D eigenvalue weighted by Crippen LogP contribution is -1.98. The Morgan fingerprint density at radius 3 is 2.24 bits per heavy atom. The predicted molar refractivity (Wildman–Crippen MR) is 90.8 cm³/mol. The van der Waals surface area contributed by atoms with Gasteiger partial charge in [-0.2, -0.15) is 0 Å².